The molecule has 2 N–H and O–H groups in total. The molecule has 116 valence electrons. The summed E-state index contributed by atoms with van der Waals surface area (Å²) in [6, 6.07) is 8.16. The van der Waals surface area contributed by atoms with E-state index in [4.69, 9.17) is 0 Å². The van der Waals surface area contributed by atoms with E-state index in [1.165, 1.54) is 0 Å². The highest BCUT2D eigenvalue weighted by molar-refractivity contribution is 9.10. The van der Waals surface area contributed by atoms with Gasteiger partial charge in [-0.15, -0.1) is 0 Å². The van der Waals surface area contributed by atoms with E-state index >= 15 is 0 Å². The van der Waals surface area contributed by atoms with E-state index in [1.54, 1.807) is 0 Å². The Labute approximate surface area is 136 Å². The van der Waals surface area contributed by atoms with Gasteiger partial charge >= 0.3 is 0 Å². The first kappa shape index (κ1) is 16.5. The molecule has 1 amide bonds. The molecule has 3 nitrogen and oxygen atoms in total. The maximum atomic E-state index is 12.8. The molecule has 1 saturated heterocycles. The fourth-order valence-electron chi connectivity index (χ4n) is 3.18. The van der Waals surface area contributed by atoms with E-state index < -0.39 is 0 Å². The van der Waals surface area contributed by atoms with Crippen molar-refractivity contribution in [3.8, 4) is 0 Å². The molecule has 1 aliphatic rings. The Hall–Kier alpha value is -0.870. The summed E-state index contributed by atoms with van der Waals surface area (Å²) >= 11 is 3.49. The smallest absolute Gasteiger partial charge is 0.227 e. The number of rotatable bonds is 5. The lowest BCUT2D eigenvalue weighted by molar-refractivity contribution is -0.133. The van der Waals surface area contributed by atoms with Gasteiger partial charge in [-0.05, 0) is 50.4 Å². The third kappa shape index (κ3) is 4.07. The second-order valence-corrected chi connectivity index (χ2v) is 6.98. The summed E-state index contributed by atoms with van der Waals surface area (Å²) < 4.78 is 1.05. The zero-order valence-corrected chi connectivity index (χ0v) is 14.5. The molecule has 21 heavy (non-hydrogen) atoms. The molecule has 1 unspecified atom stereocenters. The van der Waals surface area contributed by atoms with Gasteiger partial charge in [-0.1, -0.05) is 41.4 Å². The summed E-state index contributed by atoms with van der Waals surface area (Å²) in [5.74, 6) is 0.198. The Morgan fingerprint density at radius 1 is 1.52 bits per heavy atom. The molecule has 1 aromatic carbocycles. The van der Waals surface area contributed by atoms with Gasteiger partial charge in [0.25, 0.3) is 0 Å². The topological polar surface area (TPSA) is 41.1 Å². The number of carbonyl (C=O) groups is 1. The summed E-state index contributed by atoms with van der Waals surface area (Å²) in [6.07, 6.45) is 4.07. The van der Waals surface area contributed by atoms with Crippen LogP contribution >= 0.6 is 15.9 Å². The van der Waals surface area contributed by atoms with E-state index in [1.807, 2.05) is 12.1 Å². The highest BCUT2D eigenvalue weighted by Gasteiger charge is 2.39. The van der Waals surface area contributed by atoms with Gasteiger partial charge in [-0.2, -0.15) is 0 Å². The first-order valence-electron chi connectivity index (χ1n) is 7.84. The Balaban J connectivity index is 2.07. The van der Waals surface area contributed by atoms with Crippen LogP contribution < -0.4 is 10.6 Å². The van der Waals surface area contributed by atoms with Crippen LogP contribution in [-0.4, -0.2) is 19.0 Å². The number of piperidine rings is 1. The van der Waals surface area contributed by atoms with E-state index in [9.17, 15) is 4.79 Å². The van der Waals surface area contributed by atoms with Gasteiger partial charge in [0.05, 0.1) is 11.5 Å². The van der Waals surface area contributed by atoms with E-state index in [0.717, 1.165) is 48.8 Å². The van der Waals surface area contributed by atoms with Gasteiger partial charge < -0.3 is 10.6 Å². The molecule has 1 fully saturated rings. The van der Waals surface area contributed by atoms with Gasteiger partial charge in [0.15, 0.2) is 0 Å². The number of carbonyl (C=O) groups excluding carboxylic acids is 1. The molecule has 1 aromatic rings. The monoisotopic (exact) mass is 352 g/mol. The Bertz CT molecular complexity index is 478. The largest absolute Gasteiger partial charge is 0.349 e. The lowest BCUT2D eigenvalue weighted by Crippen LogP contribution is -2.50. The average Bonchev–Trinajstić information content (AvgIpc) is 2.48. The van der Waals surface area contributed by atoms with Crippen LogP contribution in [0, 0.1) is 5.41 Å². The maximum Gasteiger partial charge on any atom is 0.227 e. The molecule has 0 radical (unpaired) electrons. The fraction of sp³-hybridized carbons (Fsp3) is 0.588. The van der Waals surface area contributed by atoms with Crippen LogP contribution in [0.5, 0.6) is 0 Å². The lowest BCUT2D eigenvalue weighted by Gasteiger charge is -2.37. The third-order valence-electron chi connectivity index (χ3n) is 4.38. The summed E-state index contributed by atoms with van der Waals surface area (Å²) in [5.41, 5.74) is 0.904. The minimum absolute atomic E-state index is 0.0330. The molecule has 0 spiro atoms. The van der Waals surface area contributed by atoms with Gasteiger partial charge in [-0.3, -0.25) is 4.79 Å². The molecule has 2 rings (SSSR count). The molecule has 1 heterocycles. The van der Waals surface area contributed by atoms with Crippen LogP contribution in [0.3, 0.4) is 0 Å². The first-order chi connectivity index (χ1) is 10.1. The van der Waals surface area contributed by atoms with Crippen molar-refractivity contribution >= 4 is 21.8 Å². The average molecular weight is 353 g/mol. The number of halogens is 1. The van der Waals surface area contributed by atoms with Crippen LogP contribution in [-0.2, 0) is 4.79 Å². The fourth-order valence-corrected chi connectivity index (χ4v) is 3.59. The second-order valence-electron chi connectivity index (χ2n) is 6.06. The Kier molecular flexibility index (Phi) is 5.82. The molecule has 4 heteroatoms. The third-order valence-corrected chi connectivity index (χ3v) is 4.87. The molecule has 2 atom stereocenters. The van der Waals surface area contributed by atoms with Crippen LogP contribution in [0.4, 0.5) is 0 Å². The maximum absolute atomic E-state index is 12.8. The van der Waals surface area contributed by atoms with E-state index in [2.05, 4.69) is 52.5 Å². The highest BCUT2D eigenvalue weighted by atomic mass is 79.9. The minimum Gasteiger partial charge on any atom is -0.349 e. The number of hydrogen-bond donors (Lipinski definition) is 2. The van der Waals surface area contributed by atoms with Crippen molar-refractivity contribution in [2.45, 2.75) is 45.6 Å². The quantitative estimate of drug-likeness (QED) is 0.846. The molecule has 0 saturated carbocycles. The van der Waals surface area contributed by atoms with Crippen LogP contribution in [0.1, 0.15) is 51.1 Å². The summed E-state index contributed by atoms with van der Waals surface area (Å²) in [5, 5.41) is 6.61. The Morgan fingerprint density at radius 3 is 2.95 bits per heavy atom. The highest BCUT2D eigenvalue weighted by Crippen LogP contribution is 2.32. The van der Waals surface area contributed by atoms with Gasteiger partial charge in [0, 0.05) is 11.0 Å². The molecular formula is C17H25BrN2O. The van der Waals surface area contributed by atoms with Gasteiger partial charge in [-0.25, -0.2) is 0 Å². The zero-order valence-electron chi connectivity index (χ0n) is 12.9. The predicted octanol–water partition coefficient (Wildman–Crippen LogP) is 3.80. The van der Waals surface area contributed by atoms with E-state index in [-0.39, 0.29) is 17.4 Å². The molecular weight excluding hydrogens is 328 g/mol. The SMILES string of the molecule is CCCC1(C(=O)N[C@@H](C)c2cccc(Br)c2)CCCNC1. The zero-order chi connectivity index (χ0) is 15.3. The lowest BCUT2D eigenvalue weighted by atomic mass is 9.76. The number of nitrogens with one attached hydrogen (secondary N) is 2. The van der Waals surface area contributed by atoms with Crippen molar-refractivity contribution in [1.82, 2.24) is 10.6 Å². The number of benzene rings is 1. The van der Waals surface area contributed by atoms with Crippen molar-refractivity contribution in [2.24, 2.45) is 5.41 Å². The first-order valence-corrected chi connectivity index (χ1v) is 8.64. The van der Waals surface area contributed by atoms with Crippen molar-refractivity contribution in [1.29, 1.82) is 0 Å². The second kappa shape index (κ2) is 7.41. The Morgan fingerprint density at radius 2 is 2.33 bits per heavy atom. The standard InChI is InChI=1S/C17H25BrN2O/c1-3-8-17(9-5-10-19-12-17)16(21)20-13(2)14-6-4-7-15(18)11-14/h4,6-7,11,13,19H,3,5,8-10,12H2,1-2H3,(H,20,21)/t13-,17?/m0/s1. The summed E-state index contributed by atoms with van der Waals surface area (Å²) in [7, 11) is 0. The molecule has 1 aliphatic heterocycles. The summed E-state index contributed by atoms with van der Waals surface area (Å²) in [6.45, 7) is 6.04. The van der Waals surface area contributed by atoms with Crippen molar-refractivity contribution in [3.63, 3.8) is 0 Å². The molecule has 0 aliphatic carbocycles. The predicted molar refractivity (Wildman–Crippen MR) is 90.1 cm³/mol. The van der Waals surface area contributed by atoms with Crippen molar-refractivity contribution in [2.75, 3.05) is 13.1 Å². The molecule has 0 bridgehead atoms. The van der Waals surface area contributed by atoms with Crippen LogP contribution in [0.2, 0.25) is 0 Å². The minimum atomic E-state index is -0.229. The van der Waals surface area contributed by atoms with Crippen molar-refractivity contribution < 1.29 is 4.79 Å². The van der Waals surface area contributed by atoms with Crippen LogP contribution in [0.25, 0.3) is 0 Å². The number of hydrogen-bond acceptors (Lipinski definition) is 2. The van der Waals surface area contributed by atoms with Crippen LogP contribution in [0.15, 0.2) is 28.7 Å². The van der Waals surface area contributed by atoms with Crippen molar-refractivity contribution in [3.05, 3.63) is 34.3 Å². The van der Waals surface area contributed by atoms with Gasteiger partial charge in [0.2, 0.25) is 5.91 Å². The van der Waals surface area contributed by atoms with E-state index in [0.29, 0.717) is 0 Å². The molecule has 0 aromatic heterocycles. The number of amides is 1. The normalized spacial score (nSPS) is 23.6. The van der Waals surface area contributed by atoms with Gasteiger partial charge in [0.1, 0.15) is 0 Å². The summed E-state index contributed by atoms with van der Waals surface area (Å²) in [4.78, 5) is 12.8.